The molecule has 0 radical (unpaired) electrons. The molecule has 0 spiro atoms. The lowest BCUT2D eigenvalue weighted by atomic mass is 9.89. The Balaban J connectivity index is 4.12. The monoisotopic (exact) mass is 261 g/mol. The minimum atomic E-state index is -1.07. The fraction of sp³-hybridized carbons (Fsp3) is 0.833. The van der Waals surface area contributed by atoms with E-state index in [1.54, 1.807) is 0 Å². The molecule has 18 heavy (non-hydrogen) atoms. The summed E-state index contributed by atoms with van der Waals surface area (Å²) in [5.74, 6) is -1.32. The lowest BCUT2D eigenvalue weighted by Gasteiger charge is -2.20. The first-order chi connectivity index (χ1) is 8.33. The molecule has 6 heteroatoms. The summed E-state index contributed by atoms with van der Waals surface area (Å²) >= 11 is 0. The van der Waals surface area contributed by atoms with Gasteiger partial charge in [-0.3, -0.25) is 9.59 Å². The molecule has 0 aliphatic carbocycles. The van der Waals surface area contributed by atoms with Gasteiger partial charge in [0.25, 0.3) is 0 Å². The second kappa shape index (κ2) is 8.05. The fourth-order valence-electron chi connectivity index (χ4n) is 1.27. The predicted octanol–water partition coefficient (Wildman–Crippen LogP) is 1.00. The number of hydrogen-bond donors (Lipinski definition) is 2. The van der Waals surface area contributed by atoms with Crippen LogP contribution in [0.3, 0.4) is 0 Å². The second-order valence-electron chi connectivity index (χ2n) is 4.51. The molecule has 0 rings (SSSR count). The number of nitrogens with one attached hydrogen (secondary N) is 1. The standard InChI is InChI=1S/C12H23NO5/c1-5-17-10(18-6-2)8-13-9(14)7-12(3,4)11(15)16/h10H,5-8H2,1-4H3,(H,13,14)(H,15,16). The molecule has 0 saturated heterocycles. The van der Waals surface area contributed by atoms with E-state index < -0.39 is 17.7 Å². The largest absolute Gasteiger partial charge is 0.481 e. The minimum Gasteiger partial charge on any atom is -0.481 e. The van der Waals surface area contributed by atoms with Crippen LogP contribution in [0, 0.1) is 5.41 Å². The molecular weight excluding hydrogens is 238 g/mol. The zero-order valence-corrected chi connectivity index (χ0v) is 11.5. The molecule has 0 aliphatic heterocycles. The summed E-state index contributed by atoms with van der Waals surface area (Å²) in [5.41, 5.74) is -1.07. The highest BCUT2D eigenvalue weighted by molar-refractivity contribution is 5.84. The molecule has 1 amide bonds. The van der Waals surface area contributed by atoms with Crippen molar-refractivity contribution in [3.63, 3.8) is 0 Å². The van der Waals surface area contributed by atoms with E-state index in [4.69, 9.17) is 14.6 Å². The number of amides is 1. The zero-order valence-electron chi connectivity index (χ0n) is 11.5. The number of carboxylic acids is 1. The third-order valence-corrected chi connectivity index (χ3v) is 2.35. The van der Waals surface area contributed by atoms with Crippen molar-refractivity contribution in [2.24, 2.45) is 5.41 Å². The van der Waals surface area contributed by atoms with Crippen molar-refractivity contribution in [1.29, 1.82) is 0 Å². The Morgan fingerprint density at radius 1 is 1.22 bits per heavy atom. The Morgan fingerprint density at radius 3 is 2.11 bits per heavy atom. The average molecular weight is 261 g/mol. The number of hydrogen-bond acceptors (Lipinski definition) is 4. The first kappa shape index (κ1) is 16.9. The van der Waals surface area contributed by atoms with Crippen LogP contribution in [0.5, 0.6) is 0 Å². The molecule has 6 nitrogen and oxygen atoms in total. The van der Waals surface area contributed by atoms with Gasteiger partial charge in [0.2, 0.25) is 5.91 Å². The molecule has 106 valence electrons. The Kier molecular flexibility index (Phi) is 7.54. The second-order valence-corrected chi connectivity index (χ2v) is 4.51. The SMILES string of the molecule is CCOC(CNC(=O)CC(C)(C)C(=O)O)OCC. The highest BCUT2D eigenvalue weighted by atomic mass is 16.7. The smallest absolute Gasteiger partial charge is 0.309 e. The summed E-state index contributed by atoms with van der Waals surface area (Å²) in [6.07, 6.45) is -0.565. The summed E-state index contributed by atoms with van der Waals surface area (Å²) < 4.78 is 10.5. The van der Waals surface area contributed by atoms with E-state index in [2.05, 4.69) is 5.32 Å². The van der Waals surface area contributed by atoms with Crippen molar-refractivity contribution in [3.8, 4) is 0 Å². The molecule has 0 atom stereocenters. The van der Waals surface area contributed by atoms with Gasteiger partial charge >= 0.3 is 5.97 Å². The molecule has 0 aromatic rings. The van der Waals surface area contributed by atoms with Gasteiger partial charge in [-0.1, -0.05) is 0 Å². The van der Waals surface area contributed by atoms with Crippen LogP contribution in [0.1, 0.15) is 34.1 Å². The van der Waals surface area contributed by atoms with Gasteiger partial charge in [-0.25, -0.2) is 0 Å². The van der Waals surface area contributed by atoms with E-state index in [0.29, 0.717) is 13.2 Å². The summed E-state index contributed by atoms with van der Waals surface area (Å²) in [4.78, 5) is 22.5. The van der Waals surface area contributed by atoms with E-state index in [1.165, 1.54) is 13.8 Å². The van der Waals surface area contributed by atoms with Crippen LogP contribution in [0.2, 0.25) is 0 Å². The number of aliphatic carboxylic acids is 1. The van der Waals surface area contributed by atoms with Gasteiger partial charge in [0.15, 0.2) is 6.29 Å². The molecule has 0 fully saturated rings. The topological polar surface area (TPSA) is 84.9 Å². The molecule has 0 saturated carbocycles. The molecular formula is C12H23NO5. The number of carbonyl (C=O) groups is 2. The van der Waals surface area contributed by atoms with Gasteiger partial charge < -0.3 is 19.9 Å². The molecule has 0 unspecified atom stereocenters. The van der Waals surface area contributed by atoms with Crippen LogP contribution in [-0.4, -0.2) is 43.0 Å². The Hall–Kier alpha value is -1.14. The lowest BCUT2D eigenvalue weighted by molar-refractivity contribution is -0.151. The fourth-order valence-corrected chi connectivity index (χ4v) is 1.27. The lowest BCUT2D eigenvalue weighted by Crippen LogP contribution is -2.38. The maximum Gasteiger partial charge on any atom is 0.309 e. The van der Waals surface area contributed by atoms with Crippen LogP contribution in [0.15, 0.2) is 0 Å². The molecule has 0 aliphatic rings. The maximum absolute atomic E-state index is 11.6. The third kappa shape index (κ3) is 6.56. The van der Waals surface area contributed by atoms with Crippen LogP contribution in [0.25, 0.3) is 0 Å². The Labute approximate surface area is 108 Å². The normalized spacial score (nSPS) is 11.6. The van der Waals surface area contributed by atoms with E-state index in [-0.39, 0.29) is 18.9 Å². The van der Waals surface area contributed by atoms with E-state index >= 15 is 0 Å². The third-order valence-electron chi connectivity index (χ3n) is 2.35. The molecule has 0 aromatic carbocycles. The predicted molar refractivity (Wildman–Crippen MR) is 66.1 cm³/mol. The van der Waals surface area contributed by atoms with E-state index in [1.807, 2.05) is 13.8 Å². The molecule has 0 bridgehead atoms. The maximum atomic E-state index is 11.6. The summed E-state index contributed by atoms with van der Waals surface area (Å²) in [5, 5.41) is 11.5. The van der Waals surface area contributed by atoms with Crippen molar-refractivity contribution in [3.05, 3.63) is 0 Å². The zero-order chi connectivity index (χ0) is 14.2. The quantitative estimate of drug-likeness (QED) is 0.605. The number of ether oxygens (including phenoxy) is 2. The van der Waals surface area contributed by atoms with Gasteiger partial charge in [0.05, 0.1) is 12.0 Å². The first-order valence-corrected chi connectivity index (χ1v) is 6.06. The van der Waals surface area contributed by atoms with Crippen LogP contribution >= 0.6 is 0 Å². The number of rotatable bonds is 9. The van der Waals surface area contributed by atoms with E-state index in [9.17, 15) is 9.59 Å². The summed E-state index contributed by atoms with van der Waals surface area (Å²) in [7, 11) is 0. The minimum absolute atomic E-state index is 0.0761. The van der Waals surface area contributed by atoms with Gasteiger partial charge in [0.1, 0.15) is 0 Å². The van der Waals surface area contributed by atoms with Crippen molar-refractivity contribution >= 4 is 11.9 Å². The average Bonchev–Trinajstić information content (AvgIpc) is 2.25. The van der Waals surface area contributed by atoms with Crippen LogP contribution in [-0.2, 0) is 19.1 Å². The van der Waals surface area contributed by atoms with Gasteiger partial charge in [-0.15, -0.1) is 0 Å². The molecule has 2 N–H and O–H groups in total. The van der Waals surface area contributed by atoms with Crippen molar-refractivity contribution in [2.45, 2.75) is 40.4 Å². The van der Waals surface area contributed by atoms with Crippen LogP contribution < -0.4 is 5.32 Å². The Bertz CT molecular complexity index is 272. The Morgan fingerprint density at radius 2 is 1.72 bits per heavy atom. The highest BCUT2D eigenvalue weighted by Gasteiger charge is 2.30. The van der Waals surface area contributed by atoms with Crippen molar-refractivity contribution in [2.75, 3.05) is 19.8 Å². The van der Waals surface area contributed by atoms with Crippen molar-refractivity contribution in [1.82, 2.24) is 5.32 Å². The van der Waals surface area contributed by atoms with E-state index in [0.717, 1.165) is 0 Å². The first-order valence-electron chi connectivity index (χ1n) is 6.06. The van der Waals surface area contributed by atoms with Gasteiger partial charge in [0, 0.05) is 19.6 Å². The summed E-state index contributed by atoms with van der Waals surface area (Å²) in [6, 6.07) is 0. The number of carboxylic acid groups (broad SMARTS) is 1. The van der Waals surface area contributed by atoms with Gasteiger partial charge in [-0.05, 0) is 27.7 Å². The number of carbonyl (C=O) groups excluding carboxylic acids is 1. The highest BCUT2D eigenvalue weighted by Crippen LogP contribution is 2.19. The van der Waals surface area contributed by atoms with Crippen LogP contribution in [0.4, 0.5) is 0 Å². The van der Waals surface area contributed by atoms with Gasteiger partial charge in [-0.2, -0.15) is 0 Å². The summed E-state index contributed by atoms with van der Waals surface area (Å²) in [6.45, 7) is 7.89. The molecule has 0 heterocycles. The molecule has 0 aromatic heterocycles. The van der Waals surface area contributed by atoms with Crippen molar-refractivity contribution < 1.29 is 24.2 Å².